The van der Waals surface area contributed by atoms with E-state index in [0.29, 0.717) is 47.7 Å². The first-order valence-corrected chi connectivity index (χ1v) is 11.6. The van der Waals surface area contributed by atoms with Crippen molar-refractivity contribution >= 4 is 39.7 Å². The van der Waals surface area contributed by atoms with Crippen molar-refractivity contribution in [2.45, 2.75) is 20.5 Å². The summed E-state index contributed by atoms with van der Waals surface area (Å²) in [6, 6.07) is 18.1. The van der Waals surface area contributed by atoms with Gasteiger partial charge in [-0.1, -0.05) is 29.8 Å². The van der Waals surface area contributed by atoms with Gasteiger partial charge in [0, 0.05) is 16.1 Å². The summed E-state index contributed by atoms with van der Waals surface area (Å²) in [4.78, 5) is 12.5. The molecule has 0 atom stereocenters. The van der Waals surface area contributed by atoms with Crippen molar-refractivity contribution in [2.75, 3.05) is 13.2 Å². The molecule has 0 fully saturated rings. The van der Waals surface area contributed by atoms with Crippen LogP contribution in [0.15, 0.2) is 70.2 Å². The van der Waals surface area contributed by atoms with Gasteiger partial charge in [-0.2, -0.15) is 5.10 Å². The molecule has 33 heavy (non-hydrogen) atoms. The summed E-state index contributed by atoms with van der Waals surface area (Å²) in [6.07, 6.45) is 1.55. The Kier molecular flexibility index (Phi) is 9.15. The van der Waals surface area contributed by atoms with Crippen LogP contribution < -0.4 is 19.6 Å². The van der Waals surface area contributed by atoms with Gasteiger partial charge >= 0.3 is 0 Å². The van der Waals surface area contributed by atoms with Crippen LogP contribution in [0.5, 0.6) is 17.2 Å². The minimum absolute atomic E-state index is 0.353. The number of amides is 1. The molecule has 1 amide bonds. The Morgan fingerprint density at radius 2 is 1.70 bits per heavy atom. The highest BCUT2D eigenvalue weighted by Crippen LogP contribution is 2.29. The van der Waals surface area contributed by atoms with Crippen molar-refractivity contribution in [3.63, 3.8) is 0 Å². The number of nitrogens with one attached hydrogen (secondary N) is 1. The van der Waals surface area contributed by atoms with Crippen LogP contribution >= 0.6 is 27.5 Å². The third kappa shape index (κ3) is 6.97. The van der Waals surface area contributed by atoms with Crippen molar-refractivity contribution in [3.8, 4) is 17.2 Å². The third-order valence-corrected chi connectivity index (χ3v) is 5.47. The topological polar surface area (TPSA) is 69.2 Å². The lowest BCUT2D eigenvalue weighted by molar-refractivity contribution is 0.0954. The minimum Gasteiger partial charge on any atom is -0.490 e. The zero-order valence-corrected chi connectivity index (χ0v) is 20.7. The van der Waals surface area contributed by atoms with Gasteiger partial charge in [-0.05, 0) is 77.8 Å². The maximum absolute atomic E-state index is 12.5. The molecule has 0 aromatic heterocycles. The van der Waals surface area contributed by atoms with Crippen LogP contribution in [0, 0.1) is 0 Å². The van der Waals surface area contributed by atoms with Gasteiger partial charge < -0.3 is 14.2 Å². The number of hydrogen-bond acceptors (Lipinski definition) is 5. The number of benzene rings is 3. The molecule has 172 valence electrons. The zero-order valence-electron chi connectivity index (χ0n) is 18.3. The number of carbonyl (C=O) groups excluding carboxylic acids is 1. The Hall–Kier alpha value is -3.03. The standard InChI is InChI=1S/C25H24BrClN2O4/c1-3-31-23-12-10-18(14-24(23)32-4-2)25(30)29-28-15-17-9-11-22(20(26)13-17)33-16-19-7-5-6-8-21(19)27/h5-15H,3-4,16H2,1-2H3,(H,29,30)/b28-15+. The van der Waals surface area contributed by atoms with Gasteiger partial charge in [-0.3, -0.25) is 4.79 Å². The first kappa shape index (κ1) is 24.6. The molecule has 0 spiro atoms. The third-order valence-electron chi connectivity index (χ3n) is 4.48. The summed E-state index contributed by atoms with van der Waals surface area (Å²) >= 11 is 9.68. The highest BCUT2D eigenvalue weighted by Gasteiger charge is 2.11. The lowest BCUT2D eigenvalue weighted by atomic mass is 10.2. The average Bonchev–Trinajstić information content (AvgIpc) is 2.81. The Morgan fingerprint density at radius 3 is 2.42 bits per heavy atom. The number of nitrogens with zero attached hydrogens (tertiary/aromatic N) is 1. The predicted molar refractivity (Wildman–Crippen MR) is 134 cm³/mol. The Bertz CT molecular complexity index is 1140. The minimum atomic E-state index is -0.353. The molecule has 6 nitrogen and oxygen atoms in total. The van der Waals surface area contributed by atoms with Crippen molar-refractivity contribution < 1.29 is 19.0 Å². The maximum Gasteiger partial charge on any atom is 0.271 e. The second kappa shape index (κ2) is 12.3. The predicted octanol–water partition coefficient (Wildman–Crippen LogP) is 6.24. The average molecular weight is 532 g/mol. The number of hydrogen-bond donors (Lipinski definition) is 1. The first-order valence-electron chi connectivity index (χ1n) is 10.4. The summed E-state index contributed by atoms with van der Waals surface area (Å²) in [5.74, 6) is 1.44. The van der Waals surface area contributed by atoms with Gasteiger partial charge in [0.1, 0.15) is 12.4 Å². The lowest BCUT2D eigenvalue weighted by Gasteiger charge is -2.11. The monoisotopic (exact) mass is 530 g/mol. The van der Waals surface area contributed by atoms with Crippen molar-refractivity contribution in [2.24, 2.45) is 5.10 Å². The van der Waals surface area contributed by atoms with E-state index in [4.69, 9.17) is 25.8 Å². The van der Waals surface area contributed by atoms with E-state index in [0.717, 1.165) is 15.6 Å². The highest BCUT2D eigenvalue weighted by atomic mass is 79.9. The van der Waals surface area contributed by atoms with E-state index in [1.807, 2.05) is 56.3 Å². The quantitative estimate of drug-likeness (QED) is 0.248. The lowest BCUT2D eigenvalue weighted by Crippen LogP contribution is -2.17. The summed E-state index contributed by atoms with van der Waals surface area (Å²) < 4.78 is 17.7. The van der Waals surface area contributed by atoms with Gasteiger partial charge in [-0.15, -0.1) is 0 Å². The molecule has 3 rings (SSSR count). The van der Waals surface area contributed by atoms with Crippen LogP contribution in [0.3, 0.4) is 0 Å². The Morgan fingerprint density at radius 1 is 0.970 bits per heavy atom. The molecule has 1 N–H and O–H groups in total. The van der Waals surface area contributed by atoms with Crippen LogP contribution in [0.2, 0.25) is 5.02 Å². The number of carbonyl (C=O) groups is 1. The fraction of sp³-hybridized carbons (Fsp3) is 0.200. The number of rotatable bonds is 10. The van der Waals surface area contributed by atoms with Crippen molar-refractivity contribution in [3.05, 3.63) is 86.8 Å². The second-order valence-electron chi connectivity index (χ2n) is 6.80. The van der Waals surface area contributed by atoms with Gasteiger partial charge in [-0.25, -0.2) is 5.43 Å². The molecule has 0 saturated carbocycles. The molecule has 0 saturated heterocycles. The number of halogens is 2. The fourth-order valence-corrected chi connectivity index (χ4v) is 3.61. The summed E-state index contributed by atoms with van der Waals surface area (Å²) in [7, 11) is 0. The van der Waals surface area contributed by atoms with Gasteiger partial charge in [0.05, 0.1) is 23.9 Å². The second-order valence-corrected chi connectivity index (χ2v) is 8.06. The van der Waals surface area contributed by atoms with E-state index >= 15 is 0 Å². The van der Waals surface area contributed by atoms with Crippen molar-refractivity contribution in [1.29, 1.82) is 0 Å². The first-order chi connectivity index (χ1) is 16.0. The SMILES string of the molecule is CCOc1ccc(C(=O)N/N=C/c2ccc(OCc3ccccc3Cl)c(Br)c2)cc1OCC. The molecule has 0 bridgehead atoms. The van der Waals surface area contributed by atoms with E-state index in [-0.39, 0.29) is 5.91 Å². The number of hydrazone groups is 1. The molecular weight excluding hydrogens is 508 g/mol. The molecule has 0 aliphatic rings. The summed E-state index contributed by atoms with van der Waals surface area (Å²) in [5, 5.41) is 4.71. The largest absolute Gasteiger partial charge is 0.490 e. The summed E-state index contributed by atoms with van der Waals surface area (Å²) in [5.41, 5.74) is 4.64. The van der Waals surface area contributed by atoms with Gasteiger partial charge in [0.25, 0.3) is 5.91 Å². The smallest absolute Gasteiger partial charge is 0.271 e. The van der Waals surface area contributed by atoms with Gasteiger partial charge in [0.15, 0.2) is 11.5 Å². The molecule has 3 aromatic rings. The molecule has 0 aliphatic heterocycles. The maximum atomic E-state index is 12.5. The molecule has 0 heterocycles. The van der Waals surface area contributed by atoms with Crippen molar-refractivity contribution in [1.82, 2.24) is 5.43 Å². The molecule has 8 heteroatoms. The van der Waals surface area contributed by atoms with Gasteiger partial charge in [0.2, 0.25) is 0 Å². The Balaban J connectivity index is 1.60. The molecule has 0 aliphatic carbocycles. The van der Waals surface area contributed by atoms with Crippen LogP contribution in [0.25, 0.3) is 0 Å². The summed E-state index contributed by atoms with van der Waals surface area (Å²) in [6.45, 7) is 5.10. The molecular formula is C25H24BrClN2O4. The molecule has 0 radical (unpaired) electrons. The molecule has 3 aromatic carbocycles. The fourth-order valence-electron chi connectivity index (χ4n) is 2.91. The van der Waals surface area contributed by atoms with Crippen LogP contribution in [-0.2, 0) is 6.61 Å². The Labute approximate surface area is 206 Å². The van der Waals surface area contributed by atoms with E-state index in [9.17, 15) is 4.79 Å². The van der Waals surface area contributed by atoms with Crippen LogP contribution in [-0.4, -0.2) is 25.3 Å². The number of ether oxygens (including phenoxy) is 3. The van der Waals surface area contributed by atoms with E-state index in [1.165, 1.54) is 0 Å². The van der Waals surface area contributed by atoms with Crippen LogP contribution in [0.4, 0.5) is 0 Å². The van der Waals surface area contributed by atoms with E-state index in [2.05, 4.69) is 26.5 Å². The molecule has 0 unspecified atom stereocenters. The van der Waals surface area contributed by atoms with Crippen LogP contribution in [0.1, 0.15) is 35.3 Å². The van der Waals surface area contributed by atoms with E-state index in [1.54, 1.807) is 24.4 Å². The normalized spacial score (nSPS) is 10.8. The van der Waals surface area contributed by atoms with E-state index < -0.39 is 0 Å². The zero-order chi connectivity index (χ0) is 23.6. The highest BCUT2D eigenvalue weighted by molar-refractivity contribution is 9.10.